The number of anilines is 1. The van der Waals surface area contributed by atoms with Gasteiger partial charge in [0.2, 0.25) is 0 Å². The van der Waals surface area contributed by atoms with Gasteiger partial charge in [-0.2, -0.15) is 0 Å². The van der Waals surface area contributed by atoms with Gasteiger partial charge in [0.15, 0.2) is 11.6 Å². The molecule has 0 unspecified atom stereocenters. The molecule has 0 aliphatic carbocycles. The van der Waals surface area contributed by atoms with Crippen molar-refractivity contribution < 1.29 is 9.50 Å². The van der Waals surface area contributed by atoms with Crippen molar-refractivity contribution in [1.29, 1.82) is 0 Å². The Balaban J connectivity index is 2.87. The Morgan fingerprint density at radius 1 is 1.40 bits per heavy atom. The summed E-state index contributed by atoms with van der Waals surface area (Å²) in [7, 11) is 0. The highest BCUT2D eigenvalue weighted by Gasteiger charge is 2.16. The number of hydrogen-bond acceptors (Lipinski definition) is 4. The van der Waals surface area contributed by atoms with Gasteiger partial charge in [0.05, 0.1) is 0 Å². The molecule has 0 bridgehead atoms. The van der Waals surface area contributed by atoms with Gasteiger partial charge in [-0.3, -0.25) is 0 Å². The van der Waals surface area contributed by atoms with Gasteiger partial charge in [-0.15, -0.1) is 0 Å². The number of aromatic nitrogens is 1. The van der Waals surface area contributed by atoms with E-state index in [4.69, 9.17) is 5.11 Å². The van der Waals surface area contributed by atoms with E-state index >= 15 is 0 Å². The third kappa shape index (κ3) is 5.06. The summed E-state index contributed by atoms with van der Waals surface area (Å²) in [5, 5.41) is 12.2. The summed E-state index contributed by atoms with van der Waals surface area (Å²) in [4.78, 5) is 6.00. The van der Waals surface area contributed by atoms with Crippen molar-refractivity contribution in [3.8, 4) is 0 Å². The van der Waals surface area contributed by atoms with E-state index in [1.54, 1.807) is 12.3 Å². The molecule has 0 atom stereocenters. The molecule has 5 heteroatoms. The number of aliphatic hydroxyl groups is 1. The molecule has 0 saturated heterocycles. The molecule has 0 aliphatic rings. The predicted molar refractivity (Wildman–Crippen MR) is 80.4 cm³/mol. The third-order valence-corrected chi connectivity index (χ3v) is 3.03. The van der Waals surface area contributed by atoms with Gasteiger partial charge in [0.25, 0.3) is 0 Å². The molecule has 20 heavy (non-hydrogen) atoms. The van der Waals surface area contributed by atoms with Crippen molar-refractivity contribution >= 4 is 5.82 Å². The lowest BCUT2D eigenvalue weighted by Gasteiger charge is -2.24. The molecular weight excluding hydrogens is 257 g/mol. The van der Waals surface area contributed by atoms with Gasteiger partial charge < -0.3 is 15.3 Å². The standard InChI is InChI=1S/C15H26FN3O/c1-5-19(9-6-10-20)14-13(16)12(7-8-17-14)11-18-15(2,3)4/h7-8,18,20H,5-6,9-11H2,1-4H3. The first-order valence-corrected chi connectivity index (χ1v) is 7.13. The molecule has 0 radical (unpaired) electrons. The van der Waals surface area contributed by atoms with Gasteiger partial charge in [0.1, 0.15) is 0 Å². The monoisotopic (exact) mass is 283 g/mol. The summed E-state index contributed by atoms with van der Waals surface area (Å²) in [5.74, 6) is 0.0956. The predicted octanol–water partition coefficient (Wildman–Crippen LogP) is 2.32. The van der Waals surface area contributed by atoms with E-state index in [2.05, 4.69) is 10.3 Å². The van der Waals surface area contributed by atoms with E-state index in [0.29, 0.717) is 37.4 Å². The van der Waals surface area contributed by atoms with Crippen molar-refractivity contribution in [2.75, 3.05) is 24.6 Å². The number of hydrogen-bond donors (Lipinski definition) is 2. The highest BCUT2D eigenvalue weighted by Crippen LogP contribution is 2.20. The van der Waals surface area contributed by atoms with Gasteiger partial charge in [-0.1, -0.05) is 0 Å². The summed E-state index contributed by atoms with van der Waals surface area (Å²) < 4.78 is 14.5. The Hall–Kier alpha value is -1.20. The average molecular weight is 283 g/mol. The molecule has 1 aromatic rings. The Labute approximate surface area is 121 Å². The minimum atomic E-state index is -0.274. The lowest BCUT2D eigenvalue weighted by Crippen LogP contribution is -2.35. The second-order valence-electron chi connectivity index (χ2n) is 5.87. The molecular formula is C15H26FN3O. The minimum Gasteiger partial charge on any atom is -0.396 e. The lowest BCUT2D eigenvalue weighted by atomic mass is 10.1. The largest absolute Gasteiger partial charge is 0.396 e. The van der Waals surface area contributed by atoms with Crippen molar-refractivity contribution in [2.45, 2.75) is 46.2 Å². The Bertz CT molecular complexity index is 418. The zero-order valence-electron chi connectivity index (χ0n) is 12.9. The van der Waals surface area contributed by atoms with E-state index in [0.717, 1.165) is 0 Å². The third-order valence-electron chi connectivity index (χ3n) is 3.03. The maximum Gasteiger partial charge on any atom is 0.170 e. The fourth-order valence-electron chi connectivity index (χ4n) is 1.86. The Morgan fingerprint density at radius 3 is 2.65 bits per heavy atom. The van der Waals surface area contributed by atoms with Crippen LogP contribution in [0.15, 0.2) is 12.3 Å². The molecule has 0 aliphatic heterocycles. The first-order chi connectivity index (χ1) is 9.39. The number of halogens is 1. The first kappa shape index (κ1) is 16.9. The Kier molecular flexibility index (Phi) is 6.36. The van der Waals surface area contributed by atoms with Crippen LogP contribution in [0.2, 0.25) is 0 Å². The topological polar surface area (TPSA) is 48.4 Å². The summed E-state index contributed by atoms with van der Waals surface area (Å²) in [6, 6.07) is 1.71. The van der Waals surface area contributed by atoms with Gasteiger partial charge in [0, 0.05) is 43.5 Å². The fraction of sp³-hybridized carbons (Fsp3) is 0.667. The van der Waals surface area contributed by atoms with Crippen LogP contribution in [0.25, 0.3) is 0 Å². The number of aliphatic hydroxyl groups excluding tert-OH is 1. The summed E-state index contributed by atoms with van der Waals surface area (Å²) in [6.07, 6.45) is 2.25. The highest BCUT2D eigenvalue weighted by atomic mass is 19.1. The summed E-state index contributed by atoms with van der Waals surface area (Å²) in [5.41, 5.74) is 0.560. The molecule has 4 nitrogen and oxygen atoms in total. The maximum atomic E-state index is 14.5. The molecule has 1 rings (SSSR count). The second kappa shape index (κ2) is 7.55. The van der Waals surface area contributed by atoms with Crippen LogP contribution in [0, 0.1) is 5.82 Å². The molecule has 114 valence electrons. The number of nitrogens with one attached hydrogen (secondary N) is 1. The van der Waals surface area contributed by atoms with Crippen molar-refractivity contribution in [3.63, 3.8) is 0 Å². The van der Waals surface area contributed by atoms with Crippen LogP contribution >= 0.6 is 0 Å². The molecule has 0 aromatic carbocycles. The zero-order valence-corrected chi connectivity index (χ0v) is 12.9. The fourth-order valence-corrected chi connectivity index (χ4v) is 1.86. The number of rotatable bonds is 7. The number of pyridine rings is 1. The average Bonchev–Trinajstić information content (AvgIpc) is 2.38. The van der Waals surface area contributed by atoms with E-state index in [-0.39, 0.29) is 18.0 Å². The summed E-state index contributed by atoms with van der Waals surface area (Å²) in [6.45, 7) is 9.95. The van der Waals surface area contributed by atoms with Crippen LogP contribution in [-0.4, -0.2) is 35.3 Å². The van der Waals surface area contributed by atoms with E-state index < -0.39 is 0 Å². The second-order valence-corrected chi connectivity index (χ2v) is 5.87. The van der Waals surface area contributed by atoms with E-state index in [1.807, 2.05) is 32.6 Å². The molecule has 0 fully saturated rings. The van der Waals surface area contributed by atoms with Crippen LogP contribution < -0.4 is 10.2 Å². The highest BCUT2D eigenvalue weighted by molar-refractivity contribution is 5.43. The molecule has 1 aromatic heterocycles. The first-order valence-electron chi connectivity index (χ1n) is 7.13. The maximum absolute atomic E-state index is 14.5. The van der Waals surface area contributed by atoms with Crippen LogP contribution in [0.1, 0.15) is 39.7 Å². The van der Waals surface area contributed by atoms with Crippen LogP contribution in [0.4, 0.5) is 10.2 Å². The summed E-state index contributed by atoms with van der Waals surface area (Å²) >= 11 is 0. The van der Waals surface area contributed by atoms with Gasteiger partial charge in [-0.05, 0) is 40.2 Å². The lowest BCUT2D eigenvalue weighted by molar-refractivity contribution is 0.289. The molecule has 0 saturated carbocycles. The van der Waals surface area contributed by atoms with Crippen molar-refractivity contribution in [3.05, 3.63) is 23.6 Å². The molecule has 0 amide bonds. The Morgan fingerprint density at radius 2 is 2.10 bits per heavy atom. The van der Waals surface area contributed by atoms with Crippen LogP contribution in [0.3, 0.4) is 0 Å². The van der Waals surface area contributed by atoms with Crippen molar-refractivity contribution in [2.24, 2.45) is 0 Å². The van der Waals surface area contributed by atoms with E-state index in [1.165, 1.54) is 0 Å². The van der Waals surface area contributed by atoms with Crippen LogP contribution in [0.5, 0.6) is 0 Å². The quantitative estimate of drug-likeness (QED) is 0.806. The molecule has 1 heterocycles. The SMILES string of the molecule is CCN(CCCO)c1nccc(CNC(C)(C)C)c1F. The van der Waals surface area contributed by atoms with Crippen molar-refractivity contribution in [1.82, 2.24) is 10.3 Å². The number of nitrogens with zero attached hydrogens (tertiary/aromatic N) is 2. The van der Waals surface area contributed by atoms with Gasteiger partial charge >= 0.3 is 0 Å². The smallest absolute Gasteiger partial charge is 0.170 e. The van der Waals surface area contributed by atoms with Crippen LogP contribution in [-0.2, 0) is 6.54 Å². The zero-order chi connectivity index (χ0) is 15.2. The normalized spacial score (nSPS) is 11.7. The minimum absolute atomic E-state index is 0.0583. The van der Waals surface area contributed by atoms with Gasteiger partial charge in [-0.25, -0.2) is 9.37 Å². The molecule has 2 N–H and O–H groups in total. The van der Waals surface area contributed by atoms with E-state index in [9.17, 15) is 4.39 Å². The molecule has 0 spiro atoms.